The molecule has 1 saturated heterocycles. The fraction of sp³-hybridized carbons (Fsp3) is 0.381. The monoisotopic (exact) mass is 365 g/mol. The summed E-state index contributed by atoms with van der Waals surface area (Å²) < 4.78 is 0. The minimum atomic E-state index is 0.265. The number of hydrogen-bond donors (Lipinski definition) is 2. The second-order valence-corrected chi connectivity index (χ2v) is 6.66. The SMILES string of the molecule is CN=C(NCCc1ccccn1)NCc1ccc(CN2CCCC2=O)cc1. The van der Waals surface area contributed by atoms with Crippen molar-refractivity contribution in [3.05, 3.63) is 65.5 Å². The van der Waals surface area contributed by atoms with E-state index in [4.69, 9.17) is 0 Å². The molecule has 27 heavy (non-hydrogen) atoms. The van der Waals surface area contributed by atoms with Gasteiger partial charge in [0.2, 0.25) is 5.91 Å². The van der Waals surface area contributed by atoms with Crippen LogP contribution in [0.3, 0.4) is 0 Å². The molecule has 2 aromatic rings. The van der Waals surface area contributed by atoms with Crippen LogP contribution in [0.5, 0.6) is 0 Å². The van der Waals surface area contributed by atoms with Crippen molar-refractivity contribution in [2.45, 2.75) is 32.4 Å². The van der Waals surface area contributed by atoms with Crippen molar-refractivity contribution in [3.63, 3.8) is 0 Å². The van der Waals surface area contributed by atoms with Crippen LogP contribution in [0.25, 0.3) is 0 Å². The number of benzene rings is 1. The predicted molar refractivity (Wildman–Crippen MR) is 107 cm³/mol. The number of aliphatic imine (C=N–C) groups is 1. The summed E-state index contributed by atoms with van der Waals surface area (Å²) in [5.74, 6) is 1.04. The summed E-state index contributed by atoms with van der Waals surface area (Å²) in [6, 6.07) is 14.3. The van der Waals surface area contributed by atoms with Gasteiger partial charge < -0.3 is 15.5 Å². The van der Waals surface area contributed by atoms with Crippen LogP contribution < -0.4 is 10.6 Å². The Hall–Kier alpha value is -2.89. The first kappa shape index (κ1) is 18.9. The molecule has 2 N–H and O–H groups in total. The number of nitrogens with one attached hydrogen (secondary N) is 2. The maximum Gasteiger partial charge on any atom is 0.222 e. The Kier molecular flexibility index (Phi) is 6.79. The molecule has 2 heterocycles. The van der Waals surface area contributed by atoms with E-state index >= 15 is 0 Å². The van der Waals surface area contributed by atoms with E-state index in [0.717, 1.165) is 37.6 Å². The van der Waals surface area contributed by atoms with Crippen LogP contribution >= 0.6 is 0 Å². The minimum absolute atomic E-state index is 0.265. The van der Waals surface area contributed by atoms with Gasteiger partial charge in [-0.2, -0.15) is 0 Å². The summed E-state index contributed by atoms with van der Waals surface area (Å²) in [5.41, 5.74) is 3.42. The van der Waals surface area contributed by atoms with Crippen LogP contribution in [0, 0.1) is 0 Å². The third-order valence-corrected chi connectivity index (χ3v) is 4.65. The number of hydrogen-bond acceptors (Lipinski definition) is 3. The molecule has 0 saturated carbocycles. The van der Waals surface area contributed by atoms with E-state index in [1.54, 1.807) is 7.05 Å². The number of carbonyl (C=O) groups excluding carboxylic acids is 1. The number of carbonyl (C=O) groups is 1. The summed E-state index contributed by atoms with van der Waals surface area (Å²) in [4.78, 5) is 22.2. The lowest BCUT2D eigenvalue weighted by Crippen LogP contribution is -2.37. The lowest BCUT2D eigenvalue weighted by molar-refractivity contribution is -0.128. The molecule has 6 nitrogen and oxygen atoms in total. The zero-order valence-corrected chi connectivity index (χ0v) is 15.8. The average Bonchev–Trinajstić information content (AvgIpc) is 3.11. The molecule has 0 atom stereocenters. The zero-order chi connectivity index (χ0) is 18.9. The van der Waals surface area contributed by atoms with E-state index in [0.29, 0.717) is 19.5 Å². The summed E-state index contributed by atoms with van der Waals surface area (Å²) in [7, 11) is 1.77. The third kappa shape index (κ3) is 5.81. The lowest BCUT2D eigenvalue weighted by Gasteiger charge is -2.16. The lowest BCUT2D eigenvalue weighted by atomic mass is 10.1. The van der Waals surface area contributed by atoms with Gasteiger partial charge in [0.05, 0.1) is 0 Å². The first-order valence-electron chi connectivity index (χ1n) is 9.44. The molecule has 0 unspecified atom stereocenters. The van der Waals surface area contributed by atoms with Crippen LogP contribution in [-0.2, 0) is 24.3 Å². The first-order valence-corrected chi connectivity index (χ1v) is 9.44. The summed E-state index contributed by atoms with van der Waals surface area (Å²) >= 11 is 0. The van der Waals surface area contributed by atoms with Crippen LogP contribution in [0.1, 0.15) is 29.7 Å². The average molecular weight is 365 g/mol. The van der Waals surface area contributed by atoms with E-state index in [-0.39, 0.29) is 5.91 Å². The van der Waals surface area contributed by atoms with Gasteiger partial charge in [-0.25, -0.2) is 0 Å². The van der Waals surface area contributed by atoms with Gasteiger partial charge in [-0.15, -0.1) is 0 Å². The molecule has 0 aliphatic carbocycles. The van der Waals surface area contributed by atoms with E-state index in [9.17, 15) is 4.79 Å². The zero-order valence-electron chi connectivity index (χ0n) is 15.8. The van der Waals surface area contributed by atoms with E-state index in [1.807, 2.05) is 29.3 Å². The second-order valence-electron chi connectivity index (χ2n) is 6.66. The molecule has 0 spiro atoms. The van der Waals surface area contributed by atoms with Gasteiger partial charge in [0, 0.05) is 58.0 Å². The molecule has 0 radical (unpaired) electrons. The van der Waals surface area contributed by atoms with Gasteiger partial charge >= 0.3 is 0 Å². The number of nitrogens with zero attached hydrogens (tertiary/aromatic N) is 3. The van der Waals surface area contributed by atoms with Gasteiger partial charge in [0.15, 0.2) is 5.96 Å². The van der Waals surface area contributed by atoms with Gasteiger partial charge in [0.1, 0.15) is 0 Å². The number of aromatic nitrogens is 1. The Morgan fingerprint density at radius 1 is 1.15 bits per heavy atom. The standard InChI is InChI=1S/C21H27N5O/c1-22-21(24-13-11-19-5-2-3-12-23-19)25-15-17-7-9-18(10-8-17)16-26-14-4-6-20(26)27/h2-3,5,7-10,12H,4,6,11,13-16H2,1H3,(H2,22,24,25). The summed E-state index contributed by atoms with van der Waals surface area (Å²) in [6.07, 6.45) is 4.33. The first-order chi connectivity index (χ1) is 13.2. The fourth-order valence-electron chi connectivity index (χ4n) is 3.12. The number of amides is 1. The molecule has 1 aromatic heterocycles. The predicted octanol–water partition coefficient (Wildman–Crippen LogP) is 2.11. The van der Waals surface area contributed by atoms with Gasteiger partial charge in [-0.05, 0) is 29.7 Å². The summed E-state index contributed by atoms with van der Waals surface area (Å²) in [6.45, 7) is 3.07. The highest BCUT2D eigenvalue weighted by atomic mass is 16.2. The van der Waals surface area contributed by atoms with Gasteiger partial charge in [0.25, 0.3) is 0 Å². The van der Waals surface area contributed by atoms with E-state index in [2.05, 4.69) is 44.9 Å². The molecule has 1 amide bonds. The van der Waals surface area contributed by atoms with Crippen LogP contribution in [0.4, 0.5) is 0 Å². The molecule has 1 aromatic carbocycles. The Morgan fingerprint density at radius 2 is 1.96 bits per heavy atom. The van der Waals surface area contributed by atoms with Crippen molar-refractivity contribution < 1.29 is 4.79 Å². The molecule has 0 bridgehead atoms. The van der Waals surface area contributed by atoms with Crippen molar-refractivity contribution in [2.24, 2.45) is 4.99 Å². The number of likely N-dealkylation sites (tertiary alicyclic amines) is 1. The summed E-state index contributed by atoms with van der Waals surface area (Å²) in [5, 5.41) is 6.63. The third-order valence-electron chi connectivity index (χ3n) is 4.65. The van der Waals surface area contributed by atoms with Crippen molar-refractivity contribution >= 4 is 11.9 Å². The number of rotatable bonds is 7. The quantitative estimate of drug-likeness (QED) is 0.582. The molecule has 3 rings (SSSR count). The van der Waals surface area contributed by atoms with Gasteiger partial charge in [-0.3, -0.25) is 14.8 Å². The molecule has 1 aliphatic heterocycles. The molecule has 6 heteroatoms. The maximum absolute atomic E-state index is 11.7. The molecule has 142 valence electrons. The van der Waals surface area contributed by atoms with Crippen molar-refractivity contribution in [1.29, 1.82) is 0 Å². The smallest absolute Gasteiger partial charge is 0.222 e. The fourth-order valence-corrected chi connectivity index (χ4v) is 3.12. The highest BCUT2D eigenvalue weighted by Crippen LogP contribution is 2.14. The highest BCUT2D eigenvalue weighted by Gasteiger charge is 2.19. The maximum atomic E-state index is 11.7. The Labute approximate surface area is 160 Å². The van der Waals surface area contributed by atoms with Crippen molar-refractivity contribution in [2.75, 3.05) is 20.1 Å². The van der Waals surface area contributed by atoms with E-state index in [1.165, 1.54) is 11.1 Å². The molecule has 1 fully saturated rings. The molecular formula is C21H27N5O. The number of guanidine groups is 1. The van der Waals surface area contributed by atoms with Gasteiger partial charge in [-0.1, -0.05) is 30.3 Å². The van der Waals surface area contributed by atoms with E-state index < -0.39 is 0 Å². The Balaban J connectivity index is 1.42. The van der Waals surface area contributed by atoms with Crippen molar-refractivity contribution in [1.82, 2.24) is 20.5 Å². The van der Waals surface area contributed by atoms with Crippen LogP contribution in [-0.4, -0.2) is 41.9 Å². The Bertz CT molecular complexity index is 758. The minimum Gasteiger partial charge on any atom is -0.356 e. The topological polar surface area (TPSA) is 69.6 Å². The second kappa shape index (κ2) is 9.71. The van der Waals surface area contributed by atoms with Crippen LogP contribution in [0.15, 0.2) is 53.7 Å². The highest BCUT2D eigenvalue weighted by molar-refractivity contribution is 5.79. The Morgan fingerprint density at radius 3 is 2.63 bits per heavy atom. The normalized spacial score (nSPS) is 14.5. The van der Waals surface area contributed by atoms with Crippen LogP contribution in [0.2, 0.25) is 0 Å². The largest absolute Gasteiger partial charge is 0.356 e. The molecular weight excluding hydrogens is 338 g/mol. The molecule has 1 aliphatic rings. The van der Waals surface area contributed by atoms with Crippen molar-refractivity contribution in [3.8, 4) is 0 Å². The number of pyridine rings is 1.